The first-order valence-electron chi connectivity index (χ1n) is 7.09. The van der Waals surface area contributed by atoms with Gasteiger partial charge in [0, 0.05) is 5.56 Å². The van der Waals surface area contributed by atoms with Crippen molar-refractivity contribution in [2.45, 2.75) is 0 Å². The van der Waals surface area contributed by atoms with E-state index in [1.165, 1.54) is 14.2 Å². The van der Waals surface area contributed by atoms with Crippen molar-refractivity contribution in [2.75, 3.05) is 26.1 Å². The average molecular weight is 349 g/mol. The van der Waals surface area contributed by atoms with Gasteiger partial charge >= 0.3 is 0 Å². The number of hydrogen-bond acceptors (Lipinski definition) is 4. The van der Waals surface area contributed by atoms with Crippen LogP contribution in [0.3, 0.4) is 0 Å². The van der Waals surface area contributed by atoms with Gasteiger partial charge in [-0.2, -0.15) is 0 Å². The normalized spacial score (nSPS) is 9.96. The molecular weight excluding hydrogens is 332 g/mol. The predicted octanol–water partition coefficient (Wildman–Crippen LogP) is 2.73. The van der Waals surface area contributed by atoms with Crippen LogP contribution < -0.4 is 20.1 Å². The first kappa shape index (κ1) is 17.6. The predicted molar refractivity (Wildman–Crippen MR) is 92.0 cm³/mol. The van der Waals surface area contributed by atoms with Gasteiger partial charge in [-0.25, -0.2) is 0 Å². The molecule has 2 aromatic carbocycles. The lowest BCUT2D eigenvalue weighted by atomic mass is 10.2. The van der Waals surface area contributed by atoms with Crippen LogP contribution in [-0.4, -0.2) is 32.6 Å². The maximum absolute atomic E-state index is 12.1. The summed E-state index contributed by atoms with van der Waals surface area (Å²) in [6.45, 7) is -0.182. The van der Waals surface area contributed by atoms with Gasteiger partial charge in [0.1, 0.15) is 0 Å². The standard InChI is InChI=1S/C17H17ClN2O4/c1-23-14-8-7-11(9-15(14)24-2)17(22)19-10-16(21)20-13-6-4-3-5-12(13)18/h3-9H,10H2,1-2H3,(H,19,22)(H,20,21). The number of amides is 2. The Bertz CT molecular complexity index is 749. The molecule has 0 bridgehead atoms. The Kier molecular flexibility index (Phi) is 6.03. The molecule has 2 N–H and O–H groups in total. The summed E-state index contributed by atoms with van der Waals surface area (Å²) in [7, 11) is 2.99. The first-order chi connectivity index (χ1) is 11.5. The van der Waals surface area contributed by atoms with Crippen molar-refractivity contribution in [3.8, 4) is 11.5 Å². The highest BCUT2D eigenvalue weighted by molar-refractivity contribution is 6.33. The third-order valence-electron chi connectivity index (χ3n) is 3.20. The van der Waals surface area contributed by atoms with Crippen molar-refractivity contribution in [1.82, 2.24) is 5.32 Å². The van der Waals surface area contributed by atoms with Gasteiger partial charge in [-0.3, -0.25) is 9.59 Å². The number of ether oxygens (including phenoxy) is 2. The molecule has 0 fully saturated rings. The van der Waals surface area contributed by atoms with E-state index in [4.69, 9.17) is 21.1 Å². The van der Waals surface area contributed by atoms with Gasteiger partial charge in [0.15, 0.2) is 11.5 Å². The maximum Gasteiger partial charge on any atom is 0.251 e. The molecule has 0 aromatic heterocycles. The zero-order valence-electron chi connectivity index (χ0n) is 13.3. The van der Waals surface area contributed by atoms with E-state index in [0.717, 1.165) is 0 Å². The van der Waals surface area contributed by atoms with Crippen LogP contribution in [0.2, 0.25) is 5.02 Å². The summed E-state index contributed by atoms with van der Waals surface area (Å²) in [6, 6.07) is 11.6. The minimum absolute atomic E-state index is 0.182. The molecule has 7 heteroatoms. The molecule has 2 amide bonds. The second-order valence-corrected chi connectivity index (χ2v) is 5.19. The lowest BCUT2D eigenvalue weighted by Gasteiger charge is -2.10. The molecule has 126 valence electrons. The smallest absolute Gasteiger partial charge is 0.251 e. The Morgan fingerprint density at radius 2 is 1.75 bits per heavy atom. The number of methoxy groups -OCH3 is 2. The van der Waals surface area contributed by atoms with Gasteiger partial charge in [0.25, 0.3) is 5.91 Å². The molecule has 0 saturated carbocycles. The molecule has 0 aliphatic carbocycles. The summed E-state index contributed by atoms with van der Waals surface area (Å²) in [4.78, 5) is 24.0. The lowest BCUT2D eigenvalue weighted by molar-refractivity contribution is -0.115. The van der Waals surface area contributed by atoms with Gasteiger partial charge in [-0.1, -0.05) is 23.7 Å². The number of hydrogen-bond donors (Lipinski definition) is 2. The van der Waals surface area contributed by atoms with Crippen molar-refractivity contribution in [2.24, 2.45) is 0 Å². The summed E-state index contributed by atoms with van der Waals surface area (Å²) in [5.41, 5.74) is 0.850. The van der Waals surface area contributed by atoms with E-state index in [-0.39, 0.29) is 12.5 Å². The summed E-state index contributed by atoms with van der Waals surface area (Å²) in [5, 5.41) is 5.59. The molecule has 0 atom stereocenters. The minimum atomic E-state index is -0.398. The molecule has 2 rings (SSSR count). The Morgan fingerprint density at radius 3 is 2.42 bits per heavy atom. The molecule has 24 heavy (non-hydrogen) atoms. The Labute approximate surface area is 144 Å². The van der Waals surface area contributed by atoms with Crippen LogP contribution in [0, 0.1) is 0 Å². The topological polar surface area (TPSA) is 76.7 Å². The minimum Gasteiger partial charge on any atom is -0.493 e. The third kappa shape index (κ3) is 4.39. The van der Waals surface area contributed by atoms with E-state index in [9.17, 15) is 9.59 Å². The highest BCUT2D eigenvalue weighted by atomic mass is 35.5. The zero-order valence-corrected chi connectivity index (χ0v) is 14.0. The highest BCUT2D eigenvalue weighted by Gasteiger charge is 2.12. The van der Waals surface area contributed by atoms with E-state index in [1.807, 2.05) is 0 Å². The number of anilines is 1. The van der Waals surface area contributed by atoms with Crippen molar-refractivity contribution in [3.05, 3.63) is 53.1 Å². The van der Waals surface area contributed by atoms with Crippen LogP contribution in [0.4, 0.5) is 5.69 Å². The SMILES string of the molecule is COc1ccc(C(=O)NCC(=O)Nc2ccccc2Cl)cc1OC. The summed E-state index contributed by atoms with van der Waals surface area (Å²) in [6.07, 6.45) is 0. The van der Waals surface area contributed by atoms with Gasteiger partial charge in [-0.05, 0) is 30.3 Å². The second-order valence-electron chi connectivity index (χ2n) is 4.78. The van der Waals surface area contributed by atoms with E-state index in [1.54, 1.807) is 42.5 Å². The monoisotopic (exact) mass is 348 g/mol. The van der Waals surface area contributed by atoms with Gasteiger partial charge in [-0.15, -0.1) is 0 Å². The molecule has 6 nitrogen and oxygen atoms in total. The molecule has 0 aliphatic heterocycles. The van der Waals surface area contributed by atoms with Crippen molar-refractivity contribution >= 4 is 29.1 Å². The van der Waals surface area contributed by atoms with Crippen molar-refractivity contribution in [3.63, 3.8) is 0 Å². The Hall–Kier alpha value is -2.73. The van der Waals surface area contributed by atoms with Gasteiger partial charge in [0.2, 0.25) is 5.91 Å². The summed E-state index contributed by atoms with van der Waals surface area (Å²) >= 11 is 5.96. The van der Waals surface area contributed by atoms with Crippen LogP contribution >= 0.6 is 11.6 Å². The second kappa shape index (κ2) is 8.21. The fraction of sp³-hybridized carbons (Fsp3) is 0.176. The fourth-order valence-corrected chi connectivity index (χ4v) is 2.18. The number of benzene rings is 2. The number of halogens is 1. The van der Waals surface area contributed by atoms with Crippen molar-refractivity contribution < 1.29 is 19.1 Å². The van der Waals surface area contributed by atoms with Gasteiger partial charge in [0.05, 0.1) is 31.5 Å². The number of carbonyl (C=O) groups is 2. The quantitative estimate of drug-likeness (QED) is 0.841. The third-order valence-corrected chi connectivity index (χ3v) is 3.53. The molecule has 0 spiro atoms. The number of para-hydroxylation sites is 1. The van der Waals surface area contributed by atoms with E-state index < -0.39 is 5.91 Å². The van der Waals surface area contributed by atoms with Crippen LogP contribution in [0.5, 0.6) is 11.5 Å². The number of carbonyl (C=O) groups excluding carboxylic acids is 2. The molecule has 0 saturated heterocycles. The Morgan fingerprint density at radius 1 is 1.04 bits per heavy atom. The van der Waals surface area contributed by atoms with Crippen LogP contribution in [0.15, 0.2) is 42.5 Å². The van der Waals surface area contributed by atoms with E-state index in [0.29, 0.717) is 27.8 Å². The molecular formula is C17H17ClN2O4. The highest BCUT2D eigenvalue weighted by Crippen LogP contribution is 2.27. The lowest BCUT2D eigenvalue weighted by Crippen LogP contribution is -2.32. The van der Waals surface area contributed by atoms with Crippen LogP contribution in [0.25, 0.3) is 0 Å². The largest absolute Gasteiger partial charge is 0.493 e. The number of rotatable bonds is 6. The number of nitrogens with one attached hydrogen (secondary N) is 2. The molecule has 0 unspecified atom stereocenters. The maximum atomic E-state index is 12.1. The van der Waals surface area contributed by atoms with Gasteiger partial charge < -0.3 is 20.1 Å². The van der Waals surface area contributed by atoms with E-state index >= 15 is 0 Å². The van der Waals surface area contributed by atoms with Crippen molar-refractivity contribution in [1.29, 1.82) is 0 Å². The first-order valence-corrected chi connectivity index (χ1v) is 7.47. The van der Waals surface area contributed by atoms with Crippen LogP contribution in [0.1, 0.15) is 10.4 Å². The summed E-state index contributed by atoms with van der Waals surface area (Å²) in [5.74, 6) is 0.179. The zero-order chi connectivity index (χ0) is 17.5. The molecule has 0 heterocycles. The average Bonchev–Trinajstić information content (AvgIpc) is 2.61. The molecule has 0 aliphatic rings. The van der Waals surface area contributed by atoms with Crippen LogP contribution in [-0.2, 0) is 4.79 Å². The Balaban J connectivity index is 1.95. The molecule has 2 aromatic rings. The van der Waals surface area contributed by atoms with E-state index in [2.05, 4.69) is 10.6 Å². The fourth-order valence-electron chi connectivity index (χ4n) is 2.00. The molecule has 0 radical (unpaired) electrons. The summed E-state index contributed by atoms with van der Waals surface area (Å²) < 4.78 is 10.3.